The Morgan fingerprint density at radius 2 is 2.05 bits per heavy atom. The van der Waals surface area contributed by atoms with Crippen LogP contribution in [0.1, 0.15) is 5.56 Å². The molecule has 0 bridgehead atoms. The van der Waals surface area contributed by atoms with Crippen LogP contribution in [0.15, 0.2) is 40.3 Å². The number of thiazole rings is 1. The summed E-state index contributed by atoms with van der Waals surface area (Å²) < 4.78 is 2.18. The van der Waals surface area contributed by atoms with Crippen molar-refractivity contribution in [2.75, 3.05) is 11.1 Å². The summed E-state index contributed by atoms with van der Waals surface area (Å²) in [5.74, 6) is 0. The van der Waals surface area contributed by atoms with Gasteiger partial charge in [-0.15, -0.1) is 11.3 Å². The molecule has 3 rings (SSSR count). The zero-order chi connectivity index (χ0) is 13.4. The fraction of sp³-hybridized carbons (Fsp3) is 0.0714. The quantitative estimate of drug-likeness (QED) is 0.668. The Morgan fingerprint density at radius 1 is 1.21 bits per heavy atom. The maximum absolute atomic E-state index is 6.17. The average molecular weight is 334 g/mol. The summed E-state index contributed by atoms with van der Waals surface area (Å²) in [6.07, 6.45) is 0. The zero-order valence-electron chi connectivity index (χ0n) is 10.3. The minimum atomic E-state index is 0.693. The third kappa shape index (κ3) is 2.19. The first-order valence-electron chi connectivity index (χ1n) is 5.80. The number of nitrogens with zero attached hydrogens (tertiary/aromatic N) is 1. The molecule has 0 radical (unpaired) electrons. The van der Waals surface area contributed by atoms with E-state index in [1.165, 1.54) is 0 Å². The van der Waals surface area contributed by atoms with Crippen LogP contribution in [-0.4, -0.2) is 4.98 Å². The van der Waals surface area contributed by atoms with Gasteiger partial charge in [0.25, 0.3) is 0 Å². The largest absolute Gasteiger partial charge is 0.395 e. The van der Waals surface area contributed by atoms with E-state index in [1.54, 1.807) is 11.3 Å². The predicted octanol–water partition coefficient (Wildman–Crippen LogP) is 4.69. The molecular weight excluding hydrogens is 322 g/mol. The number of nitrogens with two attached hydrogens (primary N) is 1. The maximum Gasteiger partial charge on any atom is 0.106 e. The predicted molar refractivity (Wildman–Crippen MR) is 86.2 cm³/mol. The maximum atomic E-state index is 6.17. The molecule has 0 aliphatic carbocycles. The number of nitrogen functional groups attached to an aromatic ring is 1. The molecule has 0 aliphatic rings. The lowest BCUT2D eigenvalue weighted by atomic mass is 10.2. The molecule has 0 saturated heterocycles. The Bertz CT molecular complexity index is 752. The van der Waals surface area contributed by atoms with Gasteiger partial charge in [-0.2, -0.15) is 0 Å². The normalized spacial score (nSPS) is 10.8. The van der Waals surface area contributed by atoms with Crippen molar-refractivity contribution < 1.29 is 0 Å². The van der Waals surface area contributed by atoms with Crippen LogP contribution in [0, 0.1) is 6.92 Å². The second kappa shape index (κ2) is 4.83. The van der Waals surface area contributed by atoms with E-state index in [1.807, 2.05) is 35.8 Å². The van der Waals surface area contributed by atoms with E-state index < -0.39 is 0 Å². The van der Waals surface area contributed by atoms with Crippen LogP contribution in [0.5, 0.6) is 0 Å². The molecule has 3 nitrogen and oxygen atoms in total. The lowest BCUT2D eigenvalue weighted by Gasteiger charge is -2.12. The molecule has 3 N–H and O–H groups in total. The van der Waals surface area contributed by atoms with Gasteiger partial charge in [0.15, 0.2) is 0 Å². The summed E-state index contributed by atoms with van der Waals surface area (Å²) in [5, 5.41) is 3.37. The Labute approximate surface area is 123 Å². The highest BCUT2D eigenvalue weighted by Crippen LogP contribution is 2.33. The number of benzene rings is 2. The van der Waals surface area contributed by atoms with Crippen molar-refractivity contribution in [3.05, 3.63) is 45.9 Å². The lowest BCUT2D eigenvalue weighted by Crippen LogP contribution is -1.98. The molecule has 0 spiro atoms. The van der Waals surface area contributed by atoms with E-state index in [9.17, 15) is 0 Å². The summed E-state index contributed by atoms with van der Waals surface area (Å²) in [6, 6.07) is 10.1. The van der Waals surface area contributed by atoms with Gasteiger partial charge in [-0.25, -0.2) is 4.98 Å². The van der Waals surface area contributed by atoms with Gasteiger partial charge >= 0.3 is 0 Å². The standard InChI is InChI=1S/C14H12BrN3S/c1-8-9(15)3-2-4-10(8)18-11-5-6-12-14(13(11)16)17-7-19-12/h2-7,18H,16H2,1H3. The summed E-state index contributed by atoms with van der Waals surface area (Å²) in [4.78, 5) is 4.30. The summed E-state index contributed by atoms with van der Waals surface area (Å²) in [7, 11) is 0. The number of hydrogen-bond donors (Lipinski definition) is 2. The number of aromatic nitrogens is 1. The number of hydrogen-bond acceptors (Lipinski definition) is 4. The van der Waals surface area contributed by atoms with Crippen molar-refractivity contribution in [3.8, 4) is 0 Å². The third-order valence-electron chi connectivity index (χ3n) is 3.08. The van der Waals surface area contributed by atoms with Gasteiger partial charge in [-0.1, -0.05) is 22.0 Å². The molecule has 0 fully saturated rings. The minimum absolute atomic E-state index is 0.693. The number of nitrogens with one attached hydrogen (secondary N) is 1. The van der Waals surface area contributed by atoms with Crippen molar-refractivity contribution in [1.29, 1.82) is 0 Å². The molecular formula is C14H12BrN3S. The fourth-order valence-electron chi connectivity index (χ4n) is 1.95. The Balaban J connectivity index is 2.05. The highest BCUT2D eigenvalue weighted by molar-refractivity contribution is 9.10. The van der Waals surface area contributed by atoms with E-state index in [0.717, 1.165) is 31.6 Å². The number of halogens is 1. The molecule has 96 valence electrons. The van der Waals surface area contributed by atoms with Crippen molar-refractivity contribution >= 4 is 54.5 Å². The van der Waals surface area contributed by atoms with Gasteiger partial charge in [0.1, 0.15) is 5.52 Å². The second-order valence-corrected chi connectivity index (χ2v) is 6.00. The first-order valence-corrected chi connectivity index (χ1v) is 7.48. The molecule has 0 unspecified atom stereocenters. The Hall–Kier alpha value is -1.59. The topological polar surface area (TPSA) is 50.9 Å². The van der Waals surface area contributed by atoms with Gasteiger partial charge in [-0.05, 0) is 36.8 Å². The summed E-state index contributed by atoms with van der Waals surface area (Å²) in [6.45, 7) is 2.06. The van der Waals surface area contributed by atoms with Gasteiger partial charge in [0, 0.05) is 10.2 Å². The van der Waals surface area contributed by atoms with E-state index in [2.05, 4.69) is 33.2 Å². The average Bonchev–Trinajstić information content (AvgIpc) is 2.87. The number of fused-ring (bicyclic) bond motifs is 1. The Kier molecular flexibility index (Phi) is 3.16. The molecule has 3 aromatic rings. The van der Waals surface area contributed by atoms with Crippen molar-refractivity contribution in [3.63, 3.8) is 0 Å². The molecule has 0 amide bonds. The summed E-state index contributed by atoms with van der Waals surface area (Å²) >= 11 is 5.13. The number of rotatable bonds is 2. The van der Waals surface area contributed by atoms with Crippen LogP contribution in [0.25, 0.3) is 10.2 Å². The van der Waals surface area contributed by atoms with Crippen molar-refractivity contribution in [1.82, 2.24) is 4.98 Å². The second-order valence-electron chi connectivity index (χ2n) is 4.26. The highest BCUT2D eigenvalue weighted by atomic mass is 79.9. The van der Waals surface area contributed by atoms with Crippen molar-refractivity contribution in [2.24, 2.45) is 0 Å². The van der Waals surface area contributed by atoms with Gasteiger partial charge in [0.2, 0.25) is 0 Å². The Morgan fingerprint density at radius 3 is 2.89 bits per heavy atom. The highest BCUT2D eigenvalue weighted by Gasteiger charge is 2.08. The molecule has 19 heavy (non-hydrogen) atoms. The molecule has 0 saturated carbocycles. The third-order valence-corrected chi connectivity index (χ3v) is 4.73. The molecule has 1 heterocycles. The molecule has 0 atom stereocenters. The number of anilines is 3. The van der Waals surface area contributed by atoms with Gasteiger partial charge in [-0.3, -0.25) is 0 Å². The first kappa shape index (κ1) is 12.4. The van der Waals surface area contributed by atoms with Crippen LogP contribution in [0.4, 0.5) is 17.1 Å². The van der Waals surface area contributed by atoms with E-state index in [-0.39, 0.29) is 0 Å². The first-order chi connectivity index (χ1) is 9.16. The summed E-state index contributed by atoms with van der Waals surface area (Å²) in [5.41, 5.74) is 12.6. The van der Waals surface area contributed by atoms with E-state index in [4.69, 9.17) is 5.73 Å². The smallest absolute Gasteiger partial charge is 0.106 e. The molecule has 1 aromatic heterocycles. The fourth-order valence-corrected chi connectivity index (χ4v) is 3.01. The van der Waals surface area contributed by atoms with Gasteiger partial charge < -0.3 is 11.1 Å². The van der Waals surface area contributed by atoms with Crippen LogP contribution < -0.4 is 11.1 Å². The zero-order valence-corrected chi connectivity index (χ0v) is 12.7. The van der Waals surface area contributed by atoms with E-state index in [0.29, 0.717) is 5.69 Å². The molecule has 0 aliphatic heterocycles. The minimum Gasteiger partial charge on any atom is -0.395 e. The van der Waals surface area contributed by atoms with Gasteiger partial charge in [0.05, 0.1) is 21.6 Å². The molecule has 5 heteroatoms. The van der Waals surface area contributed by atoms with Crippen molar-refractivity contribution in [2.45, 2.75) is 6.92 Å². The monoisotopic (exact) mass is 333 g/mol. The SMILES string of the molecule is Cc1c(Br)cccc1Nc1ccc2scnc2c1N. The molecule has 2 aromatic carbocycles. The van der Waals surface area contributed by atoms with E-state index >= 15 is 0 Å². The lowest BCUT2D eigenvalue weighted by molar-refractivity contribution is 1.40. The van der Waals surface area contributed by atoms with Crippen LogP contribution in [-0.2, 0) is 0 Å². The van der Waals surface area contributed by atoms with Crippen LogP contribution in [0.2, 0.25) is 0 Å². The van der Waals surface area contributed by atoms with Crippen LogP contribution >= 0.6 is 27.3 Å². The van der Waals surface area contributed by atoms with Crippen LogP contribution in [0.3, 0.4) is 0 Å².